The first kappa shape index (κ1) is 9.85. The first-order valence-corrected chi connectivity index (χ1v) is 4.13. The van der Waals surface area contributed by atoms with Gasteiger partial charge in [0.05, 0.1) is 4.87 Å². The first-order chi connectivity index (χ1) is 4.56. The molecule has 1 heteroatoms. The van der Waals surface area contributed by atoms with E-state index in [0.717, 1.165) is 6.42 Å². The molecule has 0 rings (SSSR count). The molecule has 0 spiro atoms. The third kappa shape index (κ3) is 7.85. The van der Waals surface area contributed by atoms with Crippen LogP contribution in [0.25, 0.3) is 0 Å². The Kier molecular flexibility index (Phi) is 4.56. The van der Waals surface area contributed by atoms with Gasteiger partial charge in [0.15, 0.2) is 0 Å². The molecule has 0 saturated carbocycles. The molecule has 0 aliphatic carbocycles. The topological polar surface area (TPSA) is 0 Å². The number of hydrogen-bond donors (Lipinski definition) is 0. The van der Waals surface area contributed by atoms with Crippen molar-refractivity contribution in [3.8, 4) is 11.8 Å². The lowest BCUT2D eigenvalue weighted by Gasteiger charge is -2.03. The smallest absolute Gasteiger partial charge is 0.0993 e. The number of alkyl halides is 1. The van der Waals surface area contributed by atoms with Crippen molar-refractivity contribution in [2.75, 3.05) is 0 Å². The second kappa shape index (κ2) is 4.63. The third-order valence-electron chi connectivity index (χ3n) is 1.04. The van der Waals surface area contributed by atoms with Crippen LogP contribution in [-0.2, 0) is 0 Å². The van der Waals surface area contributed by atoms with Crippen LogP contribution in [0.5, 0.6) is 0 Å². The summed E-state index contributed by atoms with van der Waals surface area (Å²) in [5.41, 5.74) is 0. The maximum absolute atomic E-state index is 5.84. The van der Waals surface area contributed by atoms with Crippen LogP contribution in [0, 0.1) is 11.8 Å². The average Bonchev–Trinajstić information content (AvgIpc) is 1.78. The molecule has 0 fully saturated rings. The van der Waals surface area contributed by atoms with E-state index in [1.165, 1.54) is 12.8 Å². The molecule has 10 heavy (non-hydrogen) atoms. The summed E-state index contributed by atoms with van der Waals surface area (Å²) < 4.78 is 0. The molecule has 0 bridgehead atoms. The van der Waals surface area contributed by atoms with Gasteiger partial charge in [-0.2, -0.15) is 0 Å². The maximum Gasteiger partial charge on any atom is 0.0993 e. The zero-order valence-corrected chi connectivity index (χ0v) is 7.76. The third-order valence-corrected chi connectivity index (χ3v) is 1.14. The Balaban J connectivity index is 3.50. The van der Waals surface area contributed by atoms with E-state index in [4.69, 9.17) is 11.6 Å². The number of rotatable bonds is 2. The van der Waals surface area contributed by atoms with Crippen LogP contribution in [0.2, 0.25) is 0 Å². The summed E-state index contributed by atoms with van der Waals surface area (Å²) in [6.45, 7) is 5.98. The van der Waals surface area contributed by atoms with Crippen LogP contribution in [0.1, 0.15) is 40.0 Å². The largest absolute Gasteiger partial charge is 0.106 e. The van der Waals surface area contributed by atoms with Crippen molar-refractivity contribution in [2.45, 2.75) is 44.9 Å². The van der Waals surface area contributed by atoms with Crippen LogP contribution in [0.4, 0.5) is 0 Å². The molecule has 0 radical (unpaired) electrons. The molecule has 0 aliphatic rings. The van der Waals surface area contributed by atoms with Gasteiger partial charge in [0, 0.05) is 6.42 Å². The second-order valence-electron chi connectivity index (χ2n) is 2.88. The summed E-state index contributed by atoms with van der Waals surface area (Å²) >= 11 is 5.84. The Morgan fingerprint density at radius 1 is 1.40 bits per heavy atom. The highest BCUT2D eigenvalue weighted by Crippen LogP contribution is 2.09. The normalized spacial score (nSPS) is 10.4. The number of unbranched alkanes of at least 4 members (excludes halogenated alkanes) is 2. The van der Waals surface area contributed by atoms with Gasteiger partial charge < -0.3 is 0 Å². The molecule has 0 heterocycles. The predicted octanol–water partition coefficient (Wildman–Crippen LogP) is 3.20. The highest BCUT2D eigenvalue weighted by molar-refractivity contribution is 6.25. The minimum atomic E-state index is -0.340. The van der Waals surface area contributed by atoms with E-state index >= 15 is 0 Å². The van der Waals surface area contributed by atoms with Crippen molar-refractivity contribution in [3.05, 3.63) is 0 Å². The van der Waals surface area contributed by atoms with E-state index in [0.29, 0.717) is 0 Å². The lowest BCUT2D eigenvalue weighted by molar-refractivity contribution is 0.824. The molecule has 0 aromatic rings. The van der Waals surface area contributed by atoms with E-state index in [-0.39, 0.29) is 4.87 Å². The summed E-state index contributed by atoms with van der Waals surface area (Å²) in [5.74, 6) is 6.02. The van der Waals surface area contributed by atoms with Crippen molar-refractivity contribution in [1.82, 2.24) is 0 Å². The minimum absolute atomic E-state index is 0.340. The Bertz CT molecular complexity index is 131. The van der Waals surface area contributed by atoms with Gasteiger partial charge in [-0.3, -0.25) is 0 Å². The Morgan fingerprint density at radius 2 is 2.00 bits per heavy atom. The van der Waals surface area contributed by atoms with Crippen molar-refractivity contribution >= 4 is 11.6 Å². The lowest BCUT2D eigenvalue weighted by Crippen LogP contribution is -2.04. The van der Waals surface area contributed by atoms with Crippen LogP contribution in [-0.4, -0.2) is 4.87 Å². The van der Waals surface area contributed by atoms with Crippen LogP contribution in [0.3, 0.4) is 0 Å². The van der Waals surface area contributed by atoms with Gasteiger partial charge in [-0.25, -0.2) is 0 Å². The second-order valence-corrected chi connectivity index (χ2v) is 3.82. The lowest BCUT2D eigenvalue weighted by atomic mass is 10.2. The fourth-order valence-electron chi connectivity index (χ4n) is 0.538. The average molecular weight is 159 g/mol. The molecule has 0 nitrogen and oxygen atoms in total. The van der Waals surface area contributed by atoms with E-state index in [1.54, 1.807) is 0 Å². The molecule has 0 aliphatic heterocycles. The van der Waals surface area contributed by atoms with Crippen molar-refractivity contribution in [1.29, 1.82) is 0 Å². The summed E-state index contributed by atoms with van der Waals surface area (Å²) in [5, 5.41) is 0. The molecule has 0 saturated heterocycles. The molecular weight excluding hydrogens is 144 g/mol. The fraction of sp³-hybridized carbons (Fsp3) is 0.778. The van der Waals surface area contributed by atoms with Crippen LogP contribution >= 0.6 is 11.6 Å². The first-order valence-electron chi connectivity index (χ1n) is 3.75. The van der Waals surface area contributed by atoms with Gasteiger partial charge >= 0.3 is 0 Å². The molecular formula is C9H15Cl. The van der Waals surface area contributed by atoms with Gasteiger partial charge in [0.2, 0.25) is 0 Å². The maximum atomic E-state index is 5.84. The van der Waals surface area contributed by atoms with Gasteiger partial charge in [-0.05, 0) is 20.3 Å². The fourth-order valence-corrected chi connectivity index (χ4v) is 0.605. The van der Waals surface area contributed by atoms with Crippen LogP contribution < -0.4 is 0 Å². The molecule has 0 atom stereocenters. The Hall–Kier alpha value is -0.150. The summed E-state index contributed by atoms with van der Waals surface area (Å²) in [6.07, 6.45) is 3.37. The zero-order valence-electron chi connectivity index (χ0n) is 7.00. The minimum Gasteiger partial charge on any atom is -0.106 e. The predicted molar refractivity (Wildman–Crippen MR) is 47.2 cm³/mol. The molecule has 0 aromatic heterocycles. The molecule has 0 N–H and O–H groups in total. The van der Waals surface area contributed by atoms with Gasteiger partial charge in [0.25, 0.3) is 0 Å². The Labute approximate surface area is 69.0 Å². The number of halogens is 1. The van der Waals surface area contributed by atoms with Gasteiger partial charge in [-0.15, -0.1) is 17.5 Å². The van der Waals surface area contributed by atoms with Crippen LogP contribution in [0.15, 0.2) is 0 Å². The monoisotopic (exact) mass is 158 g/mol. The highest BCUT2D eigenvalue weighted by atomic mass is 35.5. The van der Waals surface area contributed by atoms with E-state index in [1.807, 2.05) is 13.8 Å². The van der Waals surface area contributed by atoms with Crippen molar-refractivity contribution in [2.24, 2.45) is 0 Å². The SMILES string of the molecule is CCCCC#CC(C)(C)Cl. The summed E-state index contributed by atoms with van der Waals surface area (Å²) in [7, 11) is 0. The molecule has 0 amide bonds. The number of hydrogen-bond acceptors (Lipinski definition) is 0. The molecule has 0 unspecified atom stereocenters. The van der Waals surface area contributed by atoms with Crippen molar-refractivity contribution in [3.63, 3.8) is 0 Å². The Morgan fingerprint density at radius 3 is 2.40 bits per heavy atom. The zero-order chi connectivity index (χ0) is 8.04. The van der Waals surface area contributed by atoms with E-state index in [9.17, 15) is 0 Å². The standard InChI is InChI=1S/C9H15Cl/c1-4-5-6-7-8-9(2,3)10/h4-6H2,1-3H3. The molecule has 0 aromatic carbocycles. The summed E-state index contributed by atoms with van der Waals surface area (Å²) in [6, 6.07) is 0. The van der Waals surface area contributed by atoms with Gasteiger partial charge in [0.1, 0.15) is 0 Å². The quantitative estimate of drug-likeness (QED) is 0.329. The van der Waals surface area contributed by atoms with E-state index in [2.05, 4.69) is 18.8 Å². The van der Waals surface area contributed by atoms with E-state index < -0.39 is 0 Å². The van der Waals surface area contributed by atoms with Gasteiger partial charge in [-0.1, -0.05) is 19.3 Å². The summed E-state index contributed by atoms with van der Waals surface area (Å²) in [4.78, 5) is -0.340. The molecule has 58 valence electrons. The van der Waals surface area contributed by atoms with Crippen molar-refractivity contribution < 1.29 is 0 Å². The highest BCUT2D eigenvalue weighted by Gasteiger charge is 2.05.